The van der Waals surface area contributed by atoms with Crippen molar-refractivity contribution in [1.82, 2.24) is 4.98 Å². The number of anilines is 2. The van der Waals surface area contributed by atoms with Crippen LogP contribution in [0.5, 0.6) is 5.75 Å². The van der Waals surface area contributed by atoms with Crippen molar-refractivity contribution in [3.8, 4) is 5.75 Å². The molecular weight excluding hydrogens is 297 g/mol. The molecule has 8 heteroatoms. The van der Waals surface area contributed by atoms with Crippen molar-refractivity contribution < 1.29 is 17.5 Å². The van der Waals surface area contributed by atoms with E-state index in [0.29, 0.717) is 6.61 Å². The number of sulfonamides is 1. The van der Waals surface area contributed by atoms with Gasteiger partial charge in [-0.3, -0.25) is 4.72 Å². The molecule has 1 heterocycles. The van der Waals surface area contributed by atoms with Gasteiger partial charge in [-0.15, -0.1) is 0 Å². The summed E-state index contributed by atoms with van der Waals surface area (Å²) >= 11 is 0. The Labute approximate surface area is 121 Å². The van der Waals surface area contributed by atoms with Crippen molar-refractivity contribution in [2.45, 2.75) is 11.8 Å². The quantitative estimate of drug-likeness (QED) is 0.880. The summed E-state index contributed by atoms with van der Waals surface area (Å²) in [5.41, 5.74) is 5.54. The average molecular weight is 311 g/mol. The Morgan fingerprint density at radius 2 is 2.10 bits per heavy atom. The lowest BCUT2D eigenvalue weighted by Crippen LogP contribution is -2.13. The molecule has 0 radical (unpaired) electrons. The van der Waals surface area contributed by atoms with Crippen LogP contribution in [-0.4, -0.2) is 20.0 Å². The van der Waals surface area contributed by atoms with E-state index >= 15 is 0 Å². The van der Waals surface area contributed by atoms with E-state index in [9.17, 15) is 12.8 Å². The first-order valence-corrected chi connectivity index (χ1v) is 7.57. The molecule has 0 atom stereocenters. The highest BCUT2D eigenvalue weighted by molar-refractivity contribution is 7.92. The highest BCUT2D eigenvalue weighted by atomic mass is 32.2. The number of rotatable bonds is 5. The molecule has 0 saturated heterocycles. The summed E-state index contributed by atoms with van der Waals surface area (Å²) in [5.74, 6) is -0.504. The Morgan fingerprint density at radius 3 is 2.71 bits per heavy atom. The van der Waals surface area contributed by atoms with Crippen LogP contribution in [0, 0.1) is 5.82 Å². The van der Waals surface area contributed by atoms with Crippen LogP contribution in [-0.2, 0) is 10.0 Å². The van der Waals surface area contributed by atoms with E-state index in [1.165, 1.54) is 30.5 Å². The fourth-order valence-electron chi connectivity index (χ4n) is 1.65. The molecular formula is C13H14FN3O3S. The molecule has 2 aromatic rings. The molecule has 0 amide bonds. The number of halogens is 1. The predicted molar refractivity (Wildman–Crippen MR) is 77.0 cm³/mol. The first kappa shape index (κ1) is 15.0. The summed E-state index contributed by atoms with van der Waals surface area (Å²) in [5, 5.41) is 0. The van der Waals surface area contributed by atoms with Gasteiger partial charge in [0, 0.05) is 18.3 Å². The SMILES string of the molecule is CCOc1ccc(NS(=O)(=O)c2ccnc(N)c2)cc1F. The number of nitrogens with zero attached hydrogens (tertiary/aromatic N) is 1. The minimum absolute atomic E-state index is 0.0516. The number of aromatic nitrogens is 1. The molecule has 0 fully saturated rings. The van der Waals surface area contributed by atoms with Gasteiger partial charge in [-0.2, -0.15) is 0 Å². The Morgan fingerprint density at radius 1 is 1.33 bits per heavy atom. The number of benzene rings is 1. The Bertz CT molecular complexity index is 750. The number of ether oxygens (including phenoxy) is 1. The van der Waals surface area contributed by atoms with Crippen LogP contribution in [0.2, 0.25) is 0 Å². The van der Waals surface area contributed by atoms with Crippen LogP contribution < -0.4 is 15.2 Å². The minimum Gasteiger partial charge on any atom is -0.491 e. The lowest BCUT2D eigenvalue weighted by Gasteiger charge is -2.10. The van der Waals surface area contributed by atoms with Crippen LogP contribution in [0.15, 0.2) is 41.4 Å². The summed E-state index contributed by atoms with van der Waals surface area (Å²) in [4.78, 5) is 3.66. The summed E-state index contributed by atoms with van der Waals surface area (Å²) in [6, 6.07) is 6.33. The van der Waals surface area contributed by atoms with Gasteiger partial charge in [0.2, 0.25) is 0 Å². The van der Waals surface area contributed by atoms with Gasteiger partial charge in [-0.25, -0.2) is 17.8 Å². The van der Waals surface area contributed by atoms with E-state index in [4.69, 9.17) is 10.5 Å². The molecule has 0 bridgehead atoms. The normalized spacial score (nSPS) is 11.1. The van der Waals surface area contributed by atoms with Gasteiger partial charge in [-0.05, 0) is 25.1 Å². The topological polar surface area (TPSA) is 94.3 Å². The van der Waals surface area contributed by atoms with Crippen molar-refractivity contribution in [2.75, 3.05) is 17.1 Å². The molecule has 2 rings (SSSR count). The van der Waals surface area contributed by atoms with E-state index in [0.717, 1.165) is 6.07 Å². The zero-order valence-electron chi connectivity index (χ0n) is 11.2. The third-order valence-corrected chi connectivity index (χ3v) is 3.93. The second kappa shape index (κ2) is 5.96. The summed E-state index contributed by atoms with van der Waals surface area (Å²) in [6.07, 6.45) is 1.28. The van der Waals surface area contributed by atoms with Crippen molar-refractivity contribution in [3.05, 3.63) is 42.3 Å². The maximum Gasteiger partial charge on any atom is 0.262 e. The predicted octanol–water partition coefficient (Wildman–Crippen LogP) is 2.00. The number of nitrogens with one attached hydrogen (secondary N) is 1. The van der Waals surface area contributed by atoms with Gasteiger partial charge in [0.15, 0.2) is 11.6 Å². The standard InChI is InChI=1S/C13H14FN3O3S/c1-2-20-12-4-3-9(7-11(12)14)17-21(18,19)10-5-6-16-13(15)8-10/h3-8,17H,2H2,1H3,(H2,15,16). The van der Waals surface area contributed by atoms with Crippen molar-refractivity contribution in [1.29, 1.82) is 0 Å². The summed E-state index contributed by atoms with van der Waals surface area (Å²) in [7, 11) is -3.86. The number of nitrogens with two attached hydrogens (primary N) is 1. The van der Waals surface area contributed by atoms with Gasteiger partial charge >= 0.3 is 0 Å². The molecule has 1 aromatic heterocycles. The van der Waals surface area contributed by atoms with Crippen LogP contribution in [0.25, 0.3) is 0 Å². The molecule has 0 spiro atoms. The smallest absolute Gasteiger partial charge is 0.262 e. The van der Waals surface area contributed by atoms with Crippen LogP contribution in [0.3, 0.4) is 0 Å². The molecule has 1 aromatic carbocycles. The Balaban J connectivity index is 2.27. The van der Waals surface area contributed by atoms with Crippen LogP contribution in [0.1, 0.15) is 6.92 Å². The molecule has 0 unspecified atom stereocenters. The van der Waals surface area contributed by atoms with Crippen molar-refractivity contribution in [3.63, 3.8) is 0 Å². The van der Waals surface area contributed by atoms with E-state index in [1.54, 1.807) is 6.92 Å². The van der Waals surface area contributed by atoms with E-state index < -0.39 is 15.8 Å². The van der Waals surface area contributed by atoms with E-state index in [2.05, 4.69) is 9.71 Å². The second-order valence-electron chi connectivity index (χ2n) is 4.10. The van der Waals surface area contributed by atoms with E-state index in [-0.39, 0.29) is 22.2 Å². The highest BCUT2D eigenvalue weighted by Gasteiger charge is 2.15. The number of hydrogen-bond donors (Lipinski definition) is 2. The molecule has 112 valence electrons. The minimum atomic E-state index is -3.86. The van der Waals surface area contributed by atoms with Crippen LogP contribution >= 0.6 is 0 Å². The number of hydrogen-bond acceptors (Lipinski definition) is 5. The van der Waals surface area contributed by atoms with Gasteiger partial charge in [0.05, 0.1) is 17.2 Å². The number of pyridine rings is 1. The fourth-order valence-corrected chi connectivity index (χ4v) is 2.72. The first-order valence-electron chi connectivity index (χ1n) is 6.09. The van der Waals surface area contributed by atoms with Crippen molar-refractivity contribution >= 4 is 21.5 Å². The highest BCUT2D eigenvalue weighted by Crippen LogP contribution is 2.23. The third-order valence-electron chi connectivity index (χ3n) is 2.55. The van der Waals surface area contributed by atoms with Gasteiger partial charge in [0.25, 0.3) is 10.0 Å². The zero-order valence-corrected chi connectivity index (χ0v) is 12.0. The summed E-state index contributed by atoms with van der Waals surface area (Å²) in [6.45, 7) is 2.04. The maximum atomic E-state index is 13.7. The maximum absolute atomic E-state index is 13.7. The molecule has 0 aliphatic rings. The first-order chi connectivity index (χ1) is 9.92. The van der Waals surface area contributed by atoms with Gasteiger partial charge < -0.3 is 10.5 Å². The Kier molecular flexibility index (Phi) is 4.27. The van der Waals surface area contributed by atoms with Crippen molar-refractivity contribution in [2.24, 2.45) is 0 Å². The molecule has 21 heavy (non-hydrogen) atoms. The second-order valence-corrected chi connectivity index (χ2v) is 5.78. The lowest BCUT2D eigenvalue weighted by molar-refractivity contribution is 0.321. The Hall–Kier alpha value is -2.35. The number of nitrogen functional groups attached to an aromatic ring is 1. The summed E-state index contributed by atoms with van der Waals surface area (Å²) < 4.78 is 45.3. The van der Waals surface area contributed by atoms with Crippen LogP contribution in [0.4, 0.5) is 15.9 Å². The largest absolute Gasteiger partial charge is 0.491 e. The van der Waals surface area contributed by atoms with Gasteiger partial charge in [0.1, 0.15) is 5.82 Å². The third kappa shape index (κ3) is 3.60. The monoisotopic (exact) mass is 311 g/mol. The zero-order chi connectivity index (χ0) is 15.5. The fraction of sp³-hybridized carbons (Fsp3) is 0.154. The molecule has 3 N–H and O–H groups in total. The lowest BCUT2D eigenvalue weighted by atomic mass is 10.3. The molecule has 0 saturated carbocycles. The average Bonchev–Trinajstić information content (AvgIpc) is 2.42. The molecule has 6 nitrogen and oxygen atoms in total. The van der Waals surface area contributed by atoms with Gasteiger partial charge in [-0.1, -0.05) is 0 Å². The molecule has 0 aliphatic heterocycles. The molecule has 0 aliphatic carbocycles. The van der Waals surface area contributed by atoms with E-state index in [1.807, 2.05) is 0 Å².